The SMILES string of the molecule is CC.CCCCCCCCCC[N+](C)(CCCC)CCCCCCCCCC. The first kappa shape index (κ1) is 30.2. The van der Waals surface area contributed by atoms with Gasteiger partial charge in [-0.05, 0) is 32.1 Å². The Balaban J connectivity index is 0. The fraction of sp³-hybridized carbons (Fsp3) is 1.00. The van der Waals surface area contributed by atoms with Gasteiger partial charge in [-0.15, -0.1) is 0 Å². The first-order chi connectivity index (χ1) is 13.7. The van der Waals surface area contributed by atoms with Crippen LogP contribution in [0, 0.1) is 0 Å². The molecule has 0 fully saturated rings. The van der Waals surface area contributed by atoms with Crippen molar-refractivity contribution in [3.63, 3.8) is 0 Å². The molecular formula is C27H60N+. The van der Waals surface area contributed by atoms with E-state index in [2.05, 4.69) is 27.8 Å². The van der Waals surface area contributed by atoms with E-state index < -0.39 is 0 Å². The second kappa shape index (κ2) is 25.0. The minimum absolute atomic E-state index is 1.35. The van der Waals surface area contributed by atoms with E-state index in [0.717, 1.165) is 0 Å². The number of hydrogen-bond donors (Lipinski definition) is 0. The van der Waals surface area contributed by atoms with Gasteiger partial charge in [-0.1, -0.05) is 118 Å². The Kier molecular flexibility index (Phi) is 26.9. The molecule has 0 heterocycles. The Hall–Kier alpha value is -0.0400. The maximum Gasteiger partial charge on any atom is 0.0784 e. The molecule has 1 heteroatoms. The van der Waals surface area contributed by atoms with Crippen LogP contribution in [0.2, 0.25) is 0 Å². The molecule has 0 aromatic carbocycles. The van der Waals surface area contributed by atoms with Crippen LogP contribution in [-0.4, -0.2) is 31.2 Å². The summed E-state index contributed by atoms with van der Waals surface area (Å²) in [6, 6.07) is 0. The summed E-state index contributed by atoms with van der Waals surface area (Å²) in [5.74, 6) is 0. The number of unbranched alkanes of at least 4 members (excludes halogenated alkanes) is 15. The Morgan fingerprint density at radius 3 is 0.929 bits per heavy atom. The summed E-state index contributed by atoms with van der Waals surface area (Å²) in [5, 5.41) is 0. The largest absolute Gasteiger partial charge is 0.326 e. The second-order valence-electron chi connectivity index (χ2n) is 9.09. The van der Waals surface area contributed by atoms with Crippen molar-refractivity contribution in [2.75, 3.05) is 26.7 Å². The minimum Gasteiger partial charge on any atom is -0.326 e. The van der Waals surface area contributed by atoms with Gasteiger partial charge >= 0.3 is 0 Å². The molecule has 28 heavy (non-hydrogen) atoms. The molecule has 1 nitrogen and oxygen atoms in total. The highest BCUT2D eigenvalue weighted by Gasteiger charge is 2.19. The van der Waals surface area contributed by atoms with E-state index in [1.54, 1.807) is 0 Å². The lowest BCUT2D eigenvalue weighted by atomic mass is 10.1. The molecule has 0 unspecified atom stereocenters. The number of quaternary nitrogens is 1. The third kappa shape index (κ3) is 22.3. The van der Waals surface area contributed by atoms with Gasteiger partial charge in [0.15, 0.2) is 0 Å². The molecule has 0 aliphatic rings. The fourth-order valence-corrected chi connectivity index (χ4v) is 4.13. The monoisotopic (exact) mass is 398 g/mol. The Bertz CT molecular complexity index is 241. The third-order valence-electron chi connectivity index (χ3n) is 6.15. The van der Waals surface area contributed by atoms with Crippen LogP contribution in [-0.2, 0) is 0 Å². The van der Waals surface area contributed by atoms with E-state index in [4.69, 9.17) is 0 Å². The van der Waals surface area contributed by atoms with Gasteiger partial charge in [-0.25, -0.2) is 0 Å². The molecule has 172 valence electrons. The van der Waals surface area contributed by atoms with Crippen molar-refractivity contribution in [3.8, 4) is 0 Å². The summed E-state index contributed by atoms with van der Waals surface area (Å²) in [6.45, 7) is 15.2. The summed E-state index contributed by atoms with van der Waals surface area (Å²) in [7, 11) is 2.54. The summed E-state index contributed by atoms with van der Waals surface area (Å²) < 4.78 is 1.35. The molecule has 0 aliphatic heterocycles. The van der Waals surface area contributed by atoms with E-state index in [1.807, 2.05) is 13.8 Å². The van der Waals surface area contributed by atoms with Gasteiger partial charge in [0.1, 0.15) is 0 Å². The quantitative estimate of drug-likeness (QED) is 0.133. The molecule has 0 saturated carbocycles. The molecule has 0 aliphatic carbocycles. The lowest BCUT2D eigenvalue weighted by Crippen LogP contribution is -2.46. The highest BCUT2D eigenvalue weighted by Crippen LogP contribution is 2.15. The van der Waals surface area contributed by atoms with Crippen molar-refractivity contribution in [3.05, 3.63) is 0 Å². The van der Waals surface area contributed by atoms with Gasteiger partial charge in [-0.2, -0.15) is 0 Å². The summed E-state index contributed by atoms with van der Waals surface area (Å²) in [5.41, 5.74) is 0. The van der Waals surface area contributed by atoms with Gasteiger partial charge in [0.25, 0.3) is 0 Å². The molecule has 0 N–H and O–H groups in total. The lowest BCUT2D eigenvalue weighted by molar-refractivity contribution is -0.910. The number of nitrogens with zero attached hydrogens (tertiary/aromatic N) is 1. The first-order valence-electron chi connectivity index (χ1n) is 13.5. The second-order valence-corrected chi connectivity index (χ2v) is 9.09. The van der Waals surface area contributed by atoms with Crippen molar-refractivity contribution in [1.29, 1.82) is 0 Å². The summed E-state index contributed by atoms with van der Waals surface area (Å²) in [6.07, 6.45) is 25.9. The number of rotatable bonds is 21. The zero-order valence-electron chi connectivity index (χ0n) is 21.3. The standard InChI is InChI=1S/C25H54N.C2H6/c1-5-8-11-13-15-17-19-21-24-26(4,23-10-7-3)25-22-20-18-16-14-12-9-6-2;1-2/h5-25H2,1-4H3;1-2H3/q+1;. The zero-order chi connectivity index (χ0) is 21.3. The van der Waals surface area contributed by atoms with E-state index >= 15 is 0 Å². The van der Waals surface area contributed by atoms with Crippen molar-refractivity contribution in [1.82, 2.24) is 0 Å². The van der Waals surface area contributed by atoms with Gasteiger partial charge < -0.3 is 4.48 Å². The minimum atomic E-state index is 1.35. The fourth-order valence-electron chi connectivity index (χ4n) is 4.13. The summed E-state index contributed by atoms with van der Waals surface area (Å²) in [4.78, 5) is 0. The highest BCUT2D eigenvalue weighted by molar-refractivity contribution is 4.50. The molecule has 0 rings (SSSR count). The summed E-state index contributed by atoms with van der Waals surface area (Å²) >= 11 is 0. The van der Waals surface area contributed by atoms with Crippen molar-refractivity contribution >= 4 is 0 Å². The van der Waals surface area contributed by atoms with Gasteiger partial charge in [0.05, 0.1) is 26.7 Å². The number of hydrogen-bond acceptors (Lipinski definition) is 0. The predicted octanol–water partition coefficient (Wildman–Crippen LogP) is 9.54. The van der Waals surface area contributed by atoms with Crippen LogP contribution >= 0.6 is 0 Å². The maximum absolute atomic E-state index is 2.54. The topological polar surface area (TPSA) is 0 Å². The van der Waals surface area contributed by atoms with Gasteiger partial charge in [-0.3, -0.25) is 0 Å². The first-order valence-corrected chi connectivity index (χ1v) is 13.5. The molecule has 0 amide bonds. The van der Waals surface area contributed by atoms with E-state index in [0.29, 0.717) is 0 Å². The van der Waals surface area contributed by atoms with Crippen LogP contribution in [0.3, 0.4) is 0 Å². The average Bonchev–Trinajstić information content (AvgIpc) is 2.72. The van der Waals surface area contributed by atoms with Crippen molar-refractivity contribution in [2.24, 2.45) is 0 Å². The Morgan fingerprint density at radius 1 is 0.357 bits per heavy atom. The highest BCUT2D eigenvalue weighted by atomic mass is 15.3. The van der Waals surface area contributed by atoms with Crippen molar-refractivity contribution in [2.45, 2.75) is 150 Å². The van der Waals surface area contributed by atoms with Crippen LogP contribution in [0.15, 0.2) is 0 Å². The van der Waals surface area contributed by atoms with Crippen LogP contribution in [0.5, 0.6) is 0 Å². The van der Waals surface area contributed by atoms with Gasteiger partial charge in [0, 0.05) is 0 Å². The van der Waals surface area contributed by atoms with Crippen molar-refractivity contribution < 1.29 is 4.48 Å². The van der Waals surface area contributed by atoms with E-state index in [-0.39, 0.29) is 0 Å². The molecule has 0 atom stereocenters. The molecular weight excluding hydrogens is 338 g/mol. The smallest absolute Gasteiger partial charge is 0.0784 e. The average molecular weight is 399 g/mol. The Labute approximate surface area is 181 Å². The maximum atomic E-state index is 2.54. The normalized spacial score (nSPS) is 11.4. The zero-order valence-corrected chi connectivity index (χ0v) is 21.3. The molecule has 0 bridgehead atoms. The molecule has 0 saturated heterocycles. The van der Waals surface area contributed by atoms with Crippen LogP contribution in [0.4, 0.5) is 0 Å². The Morgan fingerprint density at radius 2 is 0.607 bits per heavy atom. The van der Waals surface area contributed by atoms with E-state index in [9.17, 15) is 0 Å². The molecule has 0 radical (unpaired) electrons. The van der Waals surface area contributed by atoms with E-state index in [1.165, 1.54) is 140 Å². The predicted molar refractivity (Wildman–Crippen MR) is 132 cm³/mol. The molecule has 0 spiro atoms. The molecule has 0 aromatic heterocycles. The van der Waals surface area contributed by atoms with Gasteiger partial charge in [0.2, 0.25) is 0 Å². The van der Waals surface area contributed by atoms with Crippen LogP contribution < -0.4 is 0 Å². The van der Waals surface area contributed by atoms with Crippen LogP contribution in [0.25, 0.3) is 0 Å². The van der Waals surface area contributed by atoms with Crippen LogP contribution in [0.1, 0.15) is 150 Å². The third-order valence-corrected chi connectivity index (χ3v) is 6.15. The lowest BCUT2D eigenvalue weighted by Gasteiger charge is -2.35. The molecule has 0 aromatic rings.